The normalized spacial score (nSPS) is 16.2. The summed E-state index contributed by atoms with van der Waals surface area (Å²) in [6, 6.07) is 0.123. The first kappa shape index (κ1) is 27.3. The Hall–Kier alpha value is -0.660. The van der Waals surface area contributed by atoms with Crippen LogP contribution in [0.2, 0.25) is 0 Å². The highest BCUT2D eigenvalue weighted by Gasteiger charge is 2.28. The predicted octanol–water partition coefficient (Wildman–Crippen LogP) is 0.467. The van der Waals surface area contributed by atoms with Crippen molar-refractivity contribution in [3.05, 3.63) is 0 Å². The first-order valence-corrected chi connectivity index (χ1v) is 11.1. The highest BCUT2D eigenvalue weighted by molar-refractivity contribution is 14.0. The highest BCUT2D eigenvalue weighted by Crippen LogP contribution is 2.09. The first-order valence-electron chi connectivity index (χ1n) is 9.50. The Morgan fingerprint density at radius 1 is 1.14 bits per heavy atom. The third-order valence-electron chi connectivity index (χ3n) is 4.02. The Morgan fingerprint density at radius 3 is 2.25 bits per heavy atom. The van der Waals surface area contributed by atoms with Crippen LogP contribution in [0.15, 0.2) is 4.99 Å². The van der Waals surface area contributed by atoms with Crippen molar-refractivity contribution in [1.82, 2.24) is 19.8 Å². The van der Waals surface area contributed by atoms with Gasteiger partial charge in [0.2, 0.25) is 15.9 Å². The van der Waals surface area contributed by atoms with Gasteiger partial charge in [-0.1, -0.05) is 0 Å². The number of sulfonamides is 1. The van der Waals surface area contributed by atoms with Crippen LogP contribution in [0.25, 0.3) is 0 Å². The monoisotopic (exact) mass is 533 g/mol. The van der Waals surface area contributed by atoms with Gasteiger partial charge in [0.1, 0.15) is 0 Å². The Kier molecular flexibility index (Phi) is 13.2. The van der Waals surface area contributed by atoms with Crippen molar-refractivity contribution in [3.8, 4) is 0 Å². The second-order valence-electron chi connectivity index (χ2n) is 7.07. The van der Waals surface area contributed by atoms with Crippen molar-refractivity contribution in [2.45, 2.75) is 46.3 Å². The number of ether oxygens (including phenoxy) is 1. The van der Waals surface area contributed by atoms with E-state index in [1.807, 2.05) is 32.6 Å². The number of amides is 1. The molecule has 11 heteroatoms. The van der Waals surface area contributed by atoms with Crippen LogP contribution >= 0.6 is 24.0 Å². The molecule has 0 bridgehead atoms. The number of hydrogen-bond acceptors (Lipinski definition) is 5. The number of guanidine groups is 1. The summed E-state index contributed by atoms with van der Waals surface area (Å²) < 4.78 is 31.6. The number of carbonyl (C=O) groups is 1. The zero-order chi connectivity index (χ0) is 20.4. The predicted molar refractivity (Wildman–Crippen MR) is 123 cm³/mol. The molecular weight excluding hydrogens is 497 g/mol. The third kappa shape index (κ3) is 10.2. The van der Waals surface area contributed by atoms with E-state index < -0.39 is 10.0 Å². The first-order chi connectivity index (χ1) is 12.7. The Bertz CT molecular complexity index is 590. The summed E-state index contributed by atoms with van der Waals surface area (Å²) in [5.41, 5.74) is 0. The minimum absolute atomic E-state index is 0. The van der Waals surface area contributed by atoms with Gasteiger partial charge < -0.3 is 20.3 Å². The van der Waals surface area contributed by atoms with Gasteiger partial charge in [-0.25, -0.2) is 8.42 Å². The van der Waals surface area contributed by atoms with Crippen molar-refractivity contribution < 1.29 is 17.9 Å². The molecule has 0 radical (unpaired) electrons. The lowest BCUT2D eigenvalue weighted by Crippen LogP contribution is -2.54. The van der Waals surface area contributed by atoms with E-state index in [1.165, 1.54) is 4.31 Å². The molecule has 1 aliphatic rings. The number of hydrogen-bond donors (Lipinski definition) is 2. The number of halogens is 1. The fraction of sp³-hybridized carbons (Fsp3) is 0.882. The highest BCUT2D eigenvalue weighted by atomic mass is 127. The molecule has 0 aromatic carbocycles. The molecule has 2 N–H and O–H groups in total. The van der Waals surface area contributed by atoms with E-state index in [1.54, 1.807) is 7.05 Å². The maximum Gasteiger partial charge on any atom is 0.221 e. The van der Waals surface area contributed by atoms with Gasteiger partial charge in [0, 0.05) is 52.2 Å². The molecule has 0 aromatic rings. The summed E-state index contributed by atoms with van der Waals surface area (Å²) in [5, 5.41) is 6.01. The molecule has 0 aromatic heterocycles. The van der Waals surface area contributed by atoms with Crippen molar-refractivity contribution in [2.75, 3.05) is 52.1 Å². The van der Waals surface area contributed by atoms with Crippen molar-refractivity contribution >= 4 is 45.9 Å². The number of carbonyl (C=O) groups excluding carboxylic acids is 1. The molecule has 28 heavy (non-hydrogen) atoms. The summed E-state index contributed by atoms with van der Waals surface area (Å²) in [7, 11) is -1.62. The fourth-order valence-electron chi connectivity index (χ4n) is 2.71. The largest absolute Gasteiger partial charge is 0.378 e. The Morgan fingerprint density at radius 2 is 1.75 bits per heavy atom. The lowest BCUT2D eigenvalue weighted by atomic mass is 10.3. The van der Waals surface area contributed by atoms with Gasteiger partial charge in [-0.2, -0.15) is 4.31 Å². The Balaban J connectivity index is 0.00000729. The van der Waals surface area contributed by atoms with Crippen molar-refractivity contribution in [1.29, 1.82) is 0 Å². The quantitative estimate of drug-likeness (QED) is 0.254. The van der Waals surface area contributed by atoms with Crippen LogP contribution in [0.3, 0.4) is 0 Å². The van der Waals surface area contributed by atoms with Gasteiger partial charge >= 0.3 is 0 Å². The standard InChI is InChI=1S/C17H35N5O4S.HI/c1-14(2)20-16(23)6-7-19-17(18-5)21-8-10-22(11-9-21)27(24,25)13-12-26-15(3)4;/h14-15H,6-13H2,1-5H3,(H,18,19)(H,20,23);1H. The molecule has 9 nitrogen and oxygen atoms in total. The molecule has 0 aliphatic carbocycles. The minimum atomic E-state index is -3.31. The average molecular weight is 533 g/mol. The van der Waals surface area contributed by atoms with Crippen LogP contribution in [0.1, 0.15) is 34.1 Å². The van der Waals surface area contributed by atoms with Crippen LogP contribution < -0.4 is 10.6 Å². The van der Waals surface area contributed by atoms with Crippen molar-refractivity contribution in [2.24, 2.45) is 4.99 Å². The molecule has 1 amide bonds. The number of nitrogens with one attached hydrogen (secondary N) is 2. The van der Waals surface area contributed by atoms with Crippen LogP contribution in [0, 0.1) is 0 Å². The Labute approximate surface area is 186 Å². The van der Waals surface area contributed by atoms with Gasteiger partial charge in [0.05, 0.1) is 18.5 Å². The summed E-state index contributed by atoms with van der Waals surface area (Å²) >= 11 is 0. The molecular formula is C17H36IN5O4S. The number of aliphatic imine (C=N–C) groups is 1. The summed E-state index contributed by atoms with van der Waals surface area (Å²) in [4.78, 5) is 17.9. The van der Waals surface area contributed by atoms with Gasteiger partial charge in [0.25, 0.3) is 0 Å². The summed E-state index contributed by atoms with van der Waals surface area (Å²) in [6.07, 6.45) is 0.385. The zero-order valence-electron chi connectivity index (χ0n) is 17.6. The van der Waals surface area contributed by atoms with Crippen LogP contribution in [-0.4, -0.2) is 93.8 Å². The van der Waals surface area contributed by atoms with Crippen LogP contribution in [-0.2, 0) is 19.6 Å². The molecule has 0 unspecified atom stereocenters. The van der Waals surface area contributed by atoms with E-state index in [0.717, 1.165) is 0 Å². The lowest BCUT2D eigenvalue weighted by molar-refractivity contribution is -0.121. The molecule has 1 fully saturated rings. The smallest absolute Gasteiger partial charge is 0.221 e. The molecule has 0 spiro atoms. The average Bonchev–Trinajstić information content (AvgIpc) is 2.58. The SMILES string of the molecule is CN=C(NCCC(=O)NC(C)C)N1CCN(S(=O)(=O)CCOC(C)C)CC1.I. The van der Waals surface area contributed by atoms with Crippen LogP contribution in [0.5, 0.6) is 0 Å². The minimum Gasteiger partial charge on any atom is -0.378 e. The number of nitrogens with zero attached hydrogens (tertiary/aromatic N) is 3. The molecule has 1 aliphatic heterocycles. The van der Waals surface area contributed by atoms with E-state index in [0.29, 0.717) is 45.1 Å². The second kappa shape index (κ2) is 13.5. The van der Waals surface area contributed by atoms with Gasteiger partial charge in [-0.05, 0) is 27.7 Å². The van der Waals surface area contributed by atoms with E-state index in [9.17, 15) is 13.2 Å². The second-order valence-corrected chi connectivity index (χ2v) is 9.16. The number of piperazine rings is 1. The molecule has 1 saturated heterocycles. The summed E-state index contributed by atoms with van der Waals surface area (Å²) in [5.74, 6) is 0.684. The maximum absolute atomic E-state index is 12.4. The molecule has 0 saturated carbocycles. The van der Waals surface area contributed by atoms with E-state index >= 15 is 0 Å². The van der Waals surface area contributed by atoms with Gasteiger partial charge in [-0.3, -0.25) is 9.79 Å². The molecule has 1 heterocycles. The molecule has 1 rings (SSSR count). The van der Waals surface area contributed by atoms with Crippen LogP contribution in [0.4, 0.5) is 0 Å². The van der Waals surface area contributed by atoms with Gasteiger partial charge in [-0.15, -0.1) is 24.0 Å². The third-order valence-corrected chi connectivity index (χ3v) is 5.86. The molecule has 166 valence electrons. The van der Waals surface area contributed by atoms with Gasteiger partial charge in [0.15, 0.2) is 5.96 Å². The van der Waals surface area contributed by atoms with E-state index in [2.05, 4.69) is 15.6 Å². The van der Waals surface area contributed by atoms with E-state index in [4.69, 9.17) is 4.74 Å². The van der Waals surface area contributed by atoms with Crippen molar-refractivity contribution in [3.63, 3.8) is 0 Å². The lowest BCUT2D eigenvalue weighted by Gasteiger charge is -2.35. The maximum atomic E-state index is 12.4. The molecule has 0 atom stereocenters. The number of rotatable bonds is 9. The zero-order valence-corrected chi connectivity index (χ0v) is 20.7. The van der Waals surface area contributed by atoms with E-state index in [-0.39, 0.29) is 54.4 Å². The summed E-state index contributed by atoms with van der Waals surface area (Å²) in [6.45, 7) is 10.3. The fourth-order valence-corrected chi connectivity index (χ4v) is 4.00. The topological polar surface area (TPSA) is 103 Å².